The summed E-state index contributed by atoms with van der Waals surface area (Å²) >= 11 is 0. The summed E-state index contributed by atoms with van der Waals surface area (Å²) in [6, 6.07) is 5.63. The molecule has 5 atom stereocenters. The van der Waals surface area contributed by atoms with Gasteiger partial charge in [-0.2, -0.15) is 0 Å². The molecule has 7 nitrogen and oxygen atoms in total. The number of nitrogens with zero attached hydrogens (tertiary/aromatic N) is 2. The molecular formula is C26H39N3O4. The van der Waals surface area contributed by atoms with Crippen molar-refractivity contribution in [1.29, 1.82) is 0 Å². The van der Waals surface area contributed by atoms with Crippen molar-refractivity contribution in [3.63, 3.8) is 0 Å². The Morgan fingerprint density at radius 1 is 1.15 bits per heavy atom. The molecule has 0 radical (unpaired) electrons. The summed E-state index contributed by atoms with van der Waals surface area (Å²) < 4.78 is 1.96. The number of aliphatic carboxylic acids is 1. The summed E-state index contributed by atoms with van der Waals surface area (Å²) in [5, 5.41) is 11.4. The van der Waals surface area contributed by atoms with Crippen LogP contribution in [-0.4, -0.2) is 54.1 Å². The fourth-order valence-electron chi connectivity index (χ4n) is 6.40. The second-order valence-corrected chi connectivity index (χ2v) is 11.9. The lowest BCUT2D eigenvalue weighted by Crippen LogP contribution is -3.14. The van der Waals surface area contributed by atoms with E-state index in [4.69, 9.17) is 0 Å². The standard InChI is InChI=1S/C26H39N3O4/c1-26(2,3)13-24(31)28-10-8-19(12-25(32)33)20(17-28)7-9-27-14-18-11-21(16-27)22-5-4-6-23(30)29(22)15-18/h4-6,18-21H,7-17H2,1-3H3,(H,32,33)/t18-,19-,20-,21+/m0/s1. The van der Waals surface area contributed by atoms with Gasteiger partial charge in [0.25, 0.3) is 5.56 Å². The van der Waals surface area contributed by atoms with Gasteiger partial charge in [-0.25, -0.2) is 0 Å². The zero-order valence-corrected chi connectivity index (χ0v) is 20.3. The highest BCUT2D eigenvalue weighted by Gasteiger charge is 2.38. The minimum absolute atomic E-state index is 0.0532. The zero-order valence-electron chi connectivity index (χ0n) is 20.3. The average molecular weight is 458 g/mol. The molecule has 4 heterocycles. The van der Waals surface area contributed by atoms with Gasteiger partial charge in [-0.1, -0.05) is 26.8 Å². The summed E-state index contributed by atoms with van der Waals surface area (Å²) in [5.74, 6) is 0.405. The van der Waals surface area contributed by atoms with E-state index in [2.05, 4.69) is 26.8 Å². The van der Waals surface area contributed by atoms with Gasteiger partial charge in [0.2, 0.25) is 5.91 Å². The van der Waals surface area contributed by atoms with Crippen LogP contribution in [0.4, 0.5) is 0 Å². The third-order valence-corrected chi connectivity index (χ3v) is 7.90. The number of quaternary nitrogens is 1. The summed E-state index contributed by atoms with van der Waals surface area (Å²) in [6.07, 6.45) is 3.42. The molecule has 182 valence electrons. The number of carbonyl (C=O) groups is 2. The van der Waals surface area contributed by atoms with Crippen LogP contribution in [0.25, 0.3) is 0 Å². The number of fused-ring (bicyclic) bond motifs is 4. The average Bonchev–Trinajstić information content (AvgIpc) is 2.72. The predicted molar refractivity (Wildman–Crippen MR) is 124 cm³/mol. The number of carboxylic acid groups (broad SMARTS) is 1. The van der Waals surface area contributed by atoms with Gasteiger partial charge in [-0.3, -0.25) is 9.59 Å². The van der Waals surface area contributed by atoms with Gasteiger partial charge < -0.3 is 24.3 Å². The molecule has 1 unspecified atom stereocenters. The number of rotatable bonds is 6. The number of piperidine rings is 2. The Labute approximate surface area is 196 Å². The highest BCUT2D eigenvalue weighted by molar-refractivity contribution is 5.77. The van der Waals surface area contributed by atoms with Crippen molar-refractivity contribution in [2.45, 2.75) is 65.3 Å². The van der Waals surface area contributed by atoms with Crippen molar-refractivity contribution in [1.82, 2.24) is 9.47 Å². The molecule has 2 fully saturated rings. The Morgan fingerprint density at radius 3 is 2.67 bits per heavy atom. The molecule has 1 amide bonds. The number of likely N-dealkylation sites (tertiary alicyclic amines) is 2. The van der Waals surface area contributed by atoms with Crippen LogP contribution in [0.3, 0.4) is 0 Å². The van der Waals surface area contributed by atoms with E-state index in [9.17, 15) is 19.5 Å². The molecular weight excluding hydrogens is 418 g/mol. The van der Waals surface area contributed by atoms with E-state index in [1.54, 1.807) is 11.0 Å². The Hall–Kier alpha value is -2.15. The number of nitrogens with one attached hydrogen (secondary N) is 1. The SMILES string of the molecule is CC(C)(C)CC(=O)N1CC[C@@H](CC(=O)[O-])[C@@H](CC[NH+]2C[C@@H]3C[C@H](C2)c2cccc(=O)n2C3)C1. The molecule has 33 heavy (non-hydrogen) atoms. The van der Waals surface area contributed by atoms with Crippen LogP contribution < -0.4 is 15.6 Å². The van der Waals surface area contributed by atoms with Crippen LogP contribution >= 0.6 is 0 Å². The van der Waals surface area contributed by atoms with Gasteiger partial charge in [0.05, 0.1) is 19.6 Å². The molecule has 7 heteroatoms. The minimum Gasteiger partial charge on any atom is -0.550 e. The number of pyridine rings is 1. The summed E-state index contributed by atoms with van der Waals surface area (Å²) in [6.45, 7) is 11.4. The van der Waals surface area contributed by atoms with E-state index in [1.807, 2.05) is 15.5 Å². The van der Waals surface area contributed by atoms with Crippen molar-refractivity contribution >= 4 is 11.9 Å². The van der Waals surface area contributed by atoms with Crippen molar-refractivity contribution in [3.8, 4) is 0 Å². The van der Waals surface area contributed by atoms with E-state index in [0.717, 1.165) is 45.4 Å². The Balaban J connectivity index is 1.40. The van der Waals surface area contributed by atoms with Crippen molar-refractivity contribution in [2.24, 2.45) is 23.2 Å². The maximum atomic E-state index is 12.8. The molecule has 0 spiro atoms. The third-order valence-electron chi connectivity index (χ3n) is 7.90. The lowest BCUT2D eigenvalue weighted by atomic mass is 9.79. The quantitative estimate of drug-likeness (QED) is 0.665. The first-order valence-corrected chi connectivity index (χ1v) is 12.6. The molecule has 2 saturated heterocycles. The minimum atomic E-state index is -0.985. The number of hydrogen-bond acceptors (Lipinski definition) is 4. The zero-order chi connectivity index (χ0) is 23.8. The smallest absolute Gasteiger partial charge is 0.250 e. The van der Waals surface area contributed by atoms with E-state index in [1.165, 1.54) is 5.69 Å². The van der Waals surface area contributed by atoms with Gasteiger partial charge in [-0.15, -0.1) is 0 Å². The van der Waals surface area contributed by atoms with E-state index in [-0.39, 0.29) is 35.1 Å². The second-order valence-electron chi connectivity index (χ2n) is 11.9. The normalized spacial score (nSPS) is 29.4. The van der Waals surface area contributed by atoms with Crippen molar-refractivity contribution < 1.29 is 19.6 Å². The van der Waals surface area contributed by atoms with Crippen LogP contribution in [0.1, 0.15) is 64.5 Å². The van der Waals surface area contributed by atoms with Crippen LogP contribution in [0.5, 0.6) is 0 Å². The summed E-state index contributed by atoms with van der Waals surface area (Å²) in [5.41, 5.74) is 1.22. The molecule has 1 aromatic rings. The molecule has 3 aliphatic heterocycles. The predicted octanol–water partition coefficient (Wildman–Crippen LogP) is 0.281. The number of aromatic nitrogens is 1. The Kier molecular flexibility index (Phi) is 6.99. The first kappa shape index (κ1) is 24.0. The first-order valence-electron chi connectivity index (χ1n) is 12.6. The largest absolute Gasteiger partial charge is 0.550 e. The van der Waals surface area contributed by atoms with E-state index >= 15 is 0 Å². The highest BCUT2D eigenvalue weighted by atomic mass is 16.4. The fourth-order valence-corrected chi connectivity index (χ4v) is 6.40. The first-order chi connectivity index (χ1) is 15.6. The van der Waals surface area contributed by atoms with Crippen LogP contribution in [0.15, 0.2) is 23.0 Å². The number of hydrogen-bond donors (Lipinski definition) is 1. The molecule has 4 rings (SSSR count). The molecule has 1 aromatic heterocycles. The topological polar surface area (TPSA) is 86.9 Å². The van der Waals surface area contributed by atoms with Gasteiger partial charge in [0, 0.05) is 62.0 Å². The third kappa shape index (κ3) is 5.86. The van der Waals surface area contributed by atoms with Crippen LogP contribution in [0, 0.1) is 23.2 Å². The maximum absolute atomic E-state index is 12.8. The van der Waals surface area contributed by atoms with Gasteiger partial charge >= 0.3 is 0 Å². The molecule has 0 saturated carbocycles. The highest BCUT2D eigenvalue weighted by Crippen LogP contribution is 2.32. The second kappa shape index (κ2) is 9.61. The van der Waals surface area contributed by atoms with Gasteiger partial charge in [0.1, 0.15) is 0 Å². The lowest BCUT2D eigenvalue weighted by Gasteiger charge is -2.42. The number of carboxylic acids is 1. The summed E-state index contributed by atoms with van der Waals surface area (Å²) in [7, 11) is 0. The van der Waals surface area contributed by atoms with E-state index in [0.29, 0.717) is 31.3 Å². The number of carbonyl (C=O) groups excluding carboxylic acids is 2. The van der Waals surface area contributed by atoms with E-state index < -0.39 is 5.97 Å². The lowest BCUT2D eigenvalue weighted by molar-refractivity contribution is -0.911. The van der Waals surface area contributed by atoms with Crippen LogP contribution in [-0.2, 0) is 16.1 Å². The molecule has 2 bridgehead atoms. The van der Waals surface area contributed by atoms with Crippen LogP contribution in [0.2, 0.25) is 0 Å². The fraction of sp³-hybridized carbons (Fsp3) is 0.731. The molecule has 1 N–H and O–H groups in total. The maximum Gasteiger partial charge on any atom is 0.250 e. The summed E-state index contributed by atoms with van der Waals surface area (Å²) in [4.78, 5) is 40.0. The molecule has 0 aromatic carbocycles. The Bertz CT molecular complexity index is 934. The van der Waals surface area contributed by atoms with Gasteiger partial charge in [0.15, 0.2) is 0 Å². The molecule has 0 aliphatic carbocycles. The number of amides is 1. The Morgan fingerprint density at radius 2 is 1.94 bits per heavy atom. The monoisotopic (exact) mass is 457 g/mol. The van der Waals surface area contributed by atoms with Crippen molar-refractivity contribution in [3.05, 3.63) is 34.2 Å². The van der Waals surface area contributed by atoms with Gasteiger partial charge in [-0.05, 0) is 42.6 Å². The van der Waals surface area contributed by atoms with Crippen molar-refractivity contribution in [2.75, 3.05) is 32.7 Å². The molecule has 3 aliphatic rings.